The lowest BCUT2D eigenvalue weighted by Gasteiger charge is -2.56. The molecular formula is C27H34N2O4S. The van der Waals surface area contributed by atoms with Crippen molar-refractivity contribution in [1.82, 2.24) is 4.31 Å². The molecule has 7 heteroatoms. The number of rotatable bonds is 4. The van der Waals surface area contributed by atoms with Crippen LogP contribution in [-0.2, 0) is 19.6 Å². The third kappa shape index (κ3) is 4.08. The highest BCUT2D eigenvalue weighted by atomic mass is 32.2. The van der Waals surface area contributed by atoms with Crippen LogP contribution in [0.15, 0.2) is 64.6 Å². The van der Waals surface area contributed by atoms with E-state index >= 15 is 0 Å². The van der Waals surface area contributed by atoms with Crippen LogP contribution in [0.25, 0.3) is 0 Å². The molecule has 0 unspecified atom stereocenters. The third-order valence-corrected chi connectivity index (χ3v) is 9.83. The SMILES string of the molecule is Cc1ccc(S(=O)(=O)N2[C@H]([C@@H]3CC(c4ccccc4)=NO3)O[C@H]3C[C@H](C)CC[C@@H]3C2(C)C)cc1. The number of ether oxygens (including phenoxy) is 1. The molecule has 3 aliphatic rings. The van der Waals surface area contributed by atoms with Gasteiger partial charge in [0.2, 0.25) is 10.0 Å². The van der Waals surface area contributed by atoms with Gasteiger partial charge < -0.3 is 9.57 Å². The highest BCUT2D eigenvalue weighted by molar-refractivity contribution is 7.89. The van der Waals surface area contributed by atoms with Crippen molar-refractivity contribution in [3.05, 3.63) is 65.7 Å². The molecule has 1 saturated heterocycles. The average molecular weight is 483 g/mol. The van der Waals surface area contributed by atoms with Gasteiger partial charge in [0.25, 0.3) is 0 Å². The van der Waals surface area contributed by atoms with Crippen LogP contribution in [0.4, 0.5) is 0 Å². The van der Waals surface area contributed by atoms with Crippen LogP contribution in [0.5, 0.6) is 0 Å². The molecule has 2 aromatic rings. The molecule has 0 aromatic heterocycles. The normalized spacial score (nSPS) is 31.4. The monoisotopic (exact) mass is 482 g/mol. The van der Waals surface area contributed by atoms with E-state index in [4.69, 9.17) is 9.57 Å². The zero-order valence-electron chi connectivity index (χ0n) is 20.3. The fraction of sp³-hybridized carbons (Fsp3) is 0.519. The van der Waals surface area contributed by atoms with Crippen molar-refractivity contribution in [2.45, 2.75) is 82.2 Å². The number of sulfonamides is 1. The van der Waals surface area contributed by atoms with Gasteiger partial charge in [-0.25, -0.2) is 8.42 Å². The van der Waals surface area contributed by atoms with E-state index in [1.54, 1.807) is 16.4 Å². The van der Waals surface area contributed by atoms with Crippen LogP contribution >= 0.6 is 0 Å². The van der Waals surface area contributed by atoms with Gasteiger partial charge in [-0.05, 0) is 57.2 Å². The molecule has 2 fully saturated rings. The van der Waals surface area contributed by atoms with Crippen molar-refractivity contribution < 1.29 is 18.0 Å². The summed E-state index contributed by atoms with van der Waals surface area (Å²) in [5.41, 5.74) is 2.19. The summed E-state index contributed by atoms with van der Waals surface area (Å²) < 4.78 is 36.5. The Bertz CT molecular complexity index is 1160. The van der Waals surface area contributed by atoms with Crippen molar-refractivity contribution >= 4 is 15.7 Å². The lowest BCUT2D eigenvalue weighted by Crippen LogP contribution is -2.68. The Morgan fingerprint density at radius 2 is 1.71 bits per heavy atom. The summed E-state index contributed by atoms with van der Waals surface area (Å²) in [6, 6.07) is 16.9. The van der Waals surface area contributed by atoms with Gasteiger partial charge in [0, 0.05) is 17.9 Å². The zero-order chi connectivity index (χ0) is 24.1. The third-order valence-electron chi connectivity index (χ3n) is 7.77. The molecule has 34 heavy (non-hydrogen) atoms. The van der Waals surface area contributed by atoms with Gasteiger partial charge in [0.05, 0.1) is 16.7 Å². The van der Waals surface area contributed by atoms with E-state index in [0.717, 1.165) is 36.1 Å². The second kappa shape index (κ2) is 8.77. The first-order valence-electron chi connectivity index (χ1n) is 12.2. The van der Waals surface area contributed by atoms with E-state index in [9.17, 15) is 8.42 Å². The fourth-order valence-electron chi connectivity index (χ4n) is 5.87. The summed E-state index contributed by atoms with van der Waals surface area (Å²) in [5.74, 6) is 0.676. The molecule has 2 aromatic carbocycles. The van der Waals surface area contributed by atoms with Crippen molar-refractivity contribution in [2.24, 2.45) is 17.0 Å². The molecule has 1 saturated carbocycles. The molecule has 0 spiro atoms. The molecule has 2 aliphatic heterocycles. The summed E-state index contributed by atoms with van der Waals surface area (Å²) in [6.45, 7) is 8.31. The summed E-state index contributed by atoms with van der Waals surface area (Å²) in [4.78, 5) is 6.18. The minimum atomic E-state index is -3.84. The Morgan fingerprint density at radius 1 is 1.00 bits per heavy atom. The van der Waals surface area contributed by atoms with Crippen molar-refractivity contribution in [1.29, 1.82) is 0 Å². The smallest absolute Gasteiger partial charge is 0.245 e. The van der Waals surface area contributed by atoms with Crippen molar-refractivity contribution in [3.8, 4) is 0 Å². The van der Waals surface area contributed by atoms with Crippen LogP contribution in [0.3, 0.4) is 0 Å². The molecule has 0 amide bonds. The van der Waals surface area contributed by atoms with Crippen LogP contribution in [0.1, 0.15) is 57.6 Å². The second-order valence-electron chi connectivity index (χ2n) is 10.6. The first-order valence-corrected chi connectivity index (χ1v) is 13.7. The molecule has 182 valence electrons. The maximum Gasteiger partial charge on any atom is 0.245 e. The predicted octanol–water partition coefficient (Wildman–Crippen LogP) is 5.12. The quantitative estimate of drug-likeness (QED) is 0.607. The Kier molecular flexibility index (Phi) is 6.07. The lowest BCUT2D eigenvalue weighted by molar-refractivity contribution is -0.233. The average Bonchev–Trinajstić information content (AvgIpc) is 3.29. The van der Waals surface area contributed by atoms with E-state index in [1.165, 1.54) is 0 Å². The van der Waals surface area contributed by atoms with Gasteiger partial charge >= 0.3 is 0 Å². The zero-order valence-corrected chi connectivity index (χ0v) is 21.2. The Hall–Kier alpha value is -2.22. The van der Waals surface area contributed by atoms with Crippen LogP contribution < -0.4 is 0 Å². The van der Waals surface area contributed by atoms with Gasteiger partial charge in [0.1, 0.15) is 0 Å². The van der Waals surface area contributed by atoms with Gasteiger partial charge in [-0.15, -0.1) is 0 Å². The molecule has 6 nitrogen and oxygen atoms in total. The largest absolute Gasteiger partial charge is 0.388 e. The molecule has 0 N–H and O–H groups in total. The molecule has 5 rings (SSSR count). The number of hydrogen-bond acceptors (Lipinski definition) is 5. The molecule has 0 bridgehead atoms. The Balaban J connectivity index is 1.52. The number of hydrogen-bond donors (Lipinski definition) is 0. The van der Waals surface area contributed by atoms with Crippen LogP contribution in [0, 0.1) is 18.8 Å². The van der Waals surface area contributed by atoms with Gasteiger partial charge in [0.15, 0.2) is 12.3 Å². The molecule has 2 heterocycles. The minimum absolute atomic E-state index is 0.00223. The number of aryl methyl sites for hydroxylation is 1. The fourth-order valence-corrected chi connectivity index (χ4v) is 7.79. The predicted molar refractivity (Wildman–Crippen MR) is 132 cm³/mol. The van der Waals surface area contributed by atoms with Gasteiger partial charge in [-0.3, -0.25) is 0 Å². The van der Waals surface area contributed by atoms with E-state index < -0.39 is 27.9 Å². The van der Waals surface area contributed by atoms with Gasteiger partial charge in [-0.2, -0.15) is 4.31 Å². The van der Waals surface area contributed by atoms with Gasteiger partial charge in [-0.1, -0.05) is 66.5 Å². The molecule has 1 aliphatic carbocycles. The highest BCUT2D eigenvalue weighted by Gasteiger charge is 2.58. The second-order valence-corrected chi connectivity index (χ2v) is 12.4. The summed E-state index contributed by atoms with van der Waals surface area (Å²) >= 11 is 0. The number of nitrogens with zero attached hydrogens (tertiary/aromatic N) is 2. The summed E-state index contributed by atoms with van der Waals surface area (Å²) in [5, 5.41) is 4.35. The molecular weight excluding hydrogens is 448 g/mol. The molecule has 0 radical (unpaired) electrons. The standard InChI is InChI=1S/C27H34N2O4S/c1-18-10-13-21(14-11-18)34(30,31)29-26(25-17-23(28-33-25)20-8-6-5-7-9-20)32-24-16-19(2)12-15-22(24)27(29,3)4/h5-11,13-14,19,22,24-26H,12,15-17H2,1-4H3/t19-,22+,24+,25+,26+/m1/s1. The van der Waals surface area contributed by atoms with Crippen molar-refractivity contribution in [3.63, 3.8) is 0 Å². The number of benzene rings is 2. The van der Waals surface area contributed by atoms with E-state index in [0.29, 0.717) is 12.3 Å². The van der Waals surface area contributed by atoms with Crippen LogP contribution in [0.2, 0.25) is 0 Å². The van der Waals surface area contributed by atoms with Crippen LogP contribution in [-0.4, -0.2) is 42.4 Å². The first kappa shape index (κ1) is 23.5. The number of fused-ring (bicyclic) bond motifs is 1. The number of oxime groups is 1. The maximum atomic E-state index is 14.1. The Morgan fingerprint density at radius 3 is 2.41 bits per heavy atom. The maximum absolute atomic E-state index is 14.1. The minimum Gasteiger partial charge on any atom is -0.388 e. The topological polar surface area (TPSA) is 68.2 Å². The van der Waals surface area contributed by atoms with E-state index in [2.05, 4.69) is 25.9 Å². The van der Waals surface area contributed by atoms with E-state index in [1.807, 2.05) is 49.4 Å². The summed E-state index contributed by atoms with van der Waals surface area (Å²) in [7, 11) is -3.84. The summed E-state index contributed by atoms with van der Waals surface area (Å²) in [6.07, 6.45) is 2.20. The molecule has 5 atom stereocenters. The lowest BCUT2D eigenvalue weighted by atomic mass is 9.70. The van der Waals surface area contributed by atoms with E-state index in [-0.39, 0.29) is 16.9 Å². The Labute approximate surface area is 203 Å². The van der Waals surface area contributed by atoms with Crippen molar-refractivity contribution in [2.75, 3.05) is 0 Å². The first-order chi connectivity index (χ1) is 16.2. The highest BCUT2D eigenvalue weighted by Crippen LogP contribution is 2.48.